The predicted octanol–water partition coefficient (Wildman–Crippen LogP) is 4.94. The van der Waals surface area contributed by atoms with Crippen LogP contribution in [0, 0.1) is 5.92 Å². The van der Waals surface area contributed by atoms with E-state index in [0.717, 1.165) is 12.8 Å². The Bertz CT molecular complexity index is 621. The van der Waals surface area contributed by atoms with Crippen LogP contribution in [-0.2, 0) is 19.1 Å². The number of nitrogens with two attached hydrogens (primary N) is 1. The van der Waals surface area contributed by atoms with Crippen molar-refractivity contribution in [3.05, 3.63) is 66.8 Å². The molecule has 0 aromatic heterocycles. The largest absolute Gasteiger partial charge is 0.462 e. The Balaban J connectivity index is 0. The molecule has 2 N–H and O–H groups in total. The molecule has 0 saturated heterocycles. The van der Waals surface area contributed by atoms with Gasteiger partial charge in [0.05, 0.1) is 6.61 Å². The van der Waals surface area contributed by atoms with Gasteiger partial charge in [-0.2, -0.15) is 0 Å². The van der Waals surface area contributed by atoms with Gasteiger partial charge in [-0.3, -0.25) is 0 Å². The summed E-state index contributed by atoms with van der Waals surface area (Å²) in [4.78, 5) is 21.7. The number of carbonyl (C=O) groups is 2. The van der Waals surface area contributed by atoms with Crippen LogP contribution >= 0.6 is 0 Å². The van der Waals surface area contributed by atoms with Gasteiger partial charge in [-0.25, -0.2) is 9.59 Å². The summed E-state index contributed by atoms with van der Waals surface area (Å²) in [5.41, 5.74) is 7.29. The van der Waals surface area contributed by atoms with Crippen molar-refractivity contribution >= 4 is 18.0 Å². The molecule has 0 aliphatic carbocycles. The minimum absolute atomic E-state index is 0.139. The van der Waals surface area contributed by atoms with E-state index in [1.807, 2.05) is 50.3 Å². The van der Waals surface area contributed by atoms with E-state index in [1.165, 1.54) is 5.56 Å². The number of esters is 2. The molecule has 0 bridgehead atoms. The van der Waals surface area contributed by atoms with Crippen molar-refractivity contribution in [3.8, 4) is 0 Å². The van der Waals surface area contributed by atoms with E-state index in [9.17, 15) is 9.59 Å². The number of carbonyl (C=O) groups excluding carboxylic acids is 2. The molecule has 0 heterocycles. The molecule has 5 nitrogen and oxygen atoms in total. The predicted molar refractivity (Wildman–Crippen MR) is 121 cm³/mol. The molecule has 0 amide bonds. The lowest BCUT2D eigenvalue weighted by atomic mass is 10.1. The molecule has 0 atom stereocenters. The second-order valence-corrected chi connectivity index (χ2v) is 6.49. The third kappa shape index (κ3) is 17.2. The lowest BCUT2D eigenvalue weighted by Crippen LogP contribution is -2.16. The number of hydrogen-bond acceptors (Lipinski definition) is 5. The minimum Gasteiger partial charge on any atom is -0.462 e. The SMILES string of the molecule is C=C(C(=O)OCCN)C(C)C.C=C(C)C(=O)OCCCC.C=Cc1ccccc1. The third-order valence-electron chi connectivity index (χ3n) is 3.42. The summed E-state index contributed by atoms with van der Waals surface area (Å²) < 4.78 is 9.56. The van der Waals surface area contributed by atoms with Gasteiger partial charge in [0.1, 0.15) is 6.61 Å². The molecule has 0 aliphatic rings. The van der Waals surface area contributed by atoms with Crippen LogP contribution < -0.4 is 5.73 Å². The Kier molecular flexibility index (Phi) is 18.4. The maximum Gasteiger partial charge on any atom is 0.333 e. The summed E-state index contributed by atoms with van der Waals surface area (Å²) in [5.74, 6) is -0.487. The molecule has 1 rings (SSSR count). The zero-order valence-electron chi connectivity index (χ0n) is 18.4. The summed E-state index contributed by atoms with van der Waals surface area (Å²) in [5, 5.41) is 0. The Morgan fingerprint density at radius 3 is 2.00 bits per heavy atom. The summed E-state index contributed by atoms with van der Waals surface area (Å²) in [6.45, 7) is 19.3. The van der Waals surface area contributed by atoms with Gasteiger partial charge in [0.15, 0.2) is 0 Å². The molecule has 0 fully saturated rings. The fraction of sp³-hybridized carbons (Fsp3) is 0.417. The highest BCUT2D eigenvalue weighted by molar-refractivity contribution is 5.88. The smallest absolute Gasteiger partial charge is 0.333 e. The minimum atomic E-state index is -0.342. The van der Waals surface area contributed by atoms with Crippen molar-refractivity contribution in [1.29, 1.82) is 0 Å². The fourth-order valence-electron chi connectivity index (χ4n) is 1.50. The fourth-order valence-corrected chi connectivity index (χ4v) is 1.50. The van der Waals surface area contributed by atoms with Gasteiger partial charge in [-0.15, -0.1) is 0 Å². The molecule has 0 unspecified atom stereocenters. The van der Waals surface area contributed by atoms with Crippen molar-refractivity contribution in [2.45, 2.75) is 40.5 Å². The molecule has 0 saturated carbocycles. The van der Waals surface area contributed by atoms with Crippen LogP contribution in [0.25, 0.3) is 6.08 Å². The van der Waals surface area contributed by atoms with Gasteiger partial charge >= 0.3 is 11.9 Å². The van der Waals surface area contributed by atoms with E-state index in [2.05, 4.69) is 26.7 Å². The normalized spacial score (nSPS) is 9.17. The number of unbranched alkanes of at least 4 members (excludes halogenated alkanes) is 1. The van der Waals surface area contributed by atoms with Gasteiger partial charge in [-0.1, -0.05) is 83.3 Å². The highest BCUT2D eigenvalue weighted by atomic mass is 16.5. The molecule has 0 spiro atoms. The van der Waals surface area contributed by atoms with E-state index in [-0.39, 0.29) is 24.5 Å². The maximum atomic E-state index is 11.0. The summed E-state index contributed by atoms with van der Waals surface area (Å²) in [7, 11) is 0. The number of ether oxygens (including phenoxy) is 2. The highest BCUT2D eigenvalue weighted by Gasteiger charge is 2.10. The van der Waals surface area contributed by atoms with Gasteiger partial charge in [0.25, 0.3) is 0 Å². The Labute approximate surface area is 176 Å². The summed E-state index contributed by atoms with van der Waals surface area (Å²) in [6, 6.07) is 10.0. The average Bonchev–Trinajstić information content (AvgIpc) is 2.72. The average molecular weight is 404 g/mol. The van der Waals surface area contributed by atoms with Gasteiger partial charge in [0, 0.05) is 17.7 Å². The van der Waals surface area contributed by atoms with Crippen molar-refractivity contribution in [2.75, 3.05) is 19.8 Å². The van der Waals surface area contributed by atoms with Crippen LogP contribution in [0.4, 0.5) is 0 Å². The molecular weight excluding hydrogens is 366 g/mol. The van der Waals surface area contributed by atoms with E-state index >= 15 is 0 Å². The highest BCUT2D eigenvalue weighted by Crippen LogP contribution is 2.07. The lowest BCUT2D eigenvalue weighted by Gasteiger charge is -2.07. The third-order valence-corrected chi connectivity index (χ3v) is 3.42. The first kappa shape index (κ1) is 28.5. The quantitative estimate of drug-likeness (QED) is 0.359. The van der Waals surface area contributed by atoms with Gasteiger partial charge < -0.3 is 15.2 Å². The van der Waals surface area contributed by atoms with Gasteiger partial charge in [-0.05, 0) is 24.8 Å². The zero-order valence-corrected chi connectivity index (χ0v) is 18.4. The summed E-state index contributed by atoms with van der Waals surface area (Å²) >= 11 is 0. The van der Waals surface area contributed by atoms with Crippen LogP contribution in [0.15, 0.2) is 61.2 Å². The van der Waals surface area contributed by atoms with Crippen LogP contribution in [0.3, 0.4) is 0 Å². The lowest BCUT2D eigenvalue weighted by molar-refractivity contribution is -0.140. The van der Waals surface area contributed by atoms with Crippen molar-refractivity contribution in [3.63, 3.8) is 0 Å². The van der Waals surface area contributed by atoms with Crippen LogP contribution in [0.1, 0.15) is 46.1 Å². The number of hydrogen-bond donors (Lipinski definition) is 1. The molecule has 1 aromatic carbocycles. The summed E-state index contributed by atoms with van der Waals surface area (Å²) in [6.07, 6.45) is 3.81. The Hall–Kier alpha value is -2.66. The van der Waals surface area contributed by atoms with Crippen LogP contribution in [0.5, 0.6) is 0 Å². The maximum absolute atomic E-state index is 11.0. The molecule has 0 aliphatic heterocycles. The number of rotatable bonds is 9. The van der Waals surface area contributed by atoms with E-state index < -0.39 is 0 Å². The van der Waals surface area contributed by atoms with Crippen molar-refractivity contribution in [2.24, 2.45) is 11.7 Å². The molecule has 5 heteroatoms. The molecular formula is C24H37NO4. The van der Waals surface area contributed by atoms with Crippen molar-refractivity contribution < 1.29 is 19.1 Å². The van der Waals surface area contributed by atoms with Crippen LogP contribution in [0.2, 0.25) is 0 Å². The van der Waals surface area contributed by atoms with Crippen LogP contribution in [-0.4, -0.2) is 31.7 Å². The molecule has 29 heavy (non-hydrogen) atoms. The Morgan fingerprint density at radius 1 is 1.07 bits per heavy atom. The van der Waals surface area contributed by atoms with Crippen molar-refractivity contribution in [1.82, 2.24) is 0 Å². The number of benzene rings is 1. The molecule has 0 radical (unpaired) electrons. The van der Waals surface area contributed by atoms with E-state index in [4.69, 9.17) is 15.2 Å². The first-order valence-electron chi connectivity index (χ1n) is 9.77. The standard InChI is InChI=1S/C8H15NO2.C8H14O2.C8H8/c1-6(2)7(3)8(10)11-5-4-9;1-4-5-6-10-8(9)7(2)3;1-2-8-6-4-3-5-7-8/h6H,3-5,9H2,1-2H3;2,4-6H2,1,3H3;2-7H,1H2. The first-order chi connectivity index (χ1) is 13.7. The van der Waals surface area contributed by atoms with E-state index in [0.29, 0.717) is 24.3 Å². The first-order valence-corrected chi connectivity index (χ1v) is 9.77. The second kappa shape index (κ2) is 18.7. The van der Waals surface area contributed by atoms with Gasteiger partial charge in [0.2, 0.25) is 0 Å². The monoisotopic (exact) mass is 403 g/mol. The molecule has 1 aromatic rings. The topological polar surface area (TPSA) is 78.6 Å². The molecule has 162 valence electrons. The zero-order chi connectivity index (χ0) is 22.7. The van der Waals surface area contributed by atoms with E-state index in [1.54, 1.807) is 6.92 Å². The Morgan fingerprint density at radius 2 is 1.62 bits per heavy atom. The second-order valence-electron chi connectivity index (χ2n) is 6.49.